The highest BCUT2D eigenvalue weighted by Crippen LogP contribution is 2.25. The first-order valence-electron chi connectivity index (χ1n) is 9.62. The first-order chi connectivity index (χ1) is 15.2. The number of halogens is 1. The molecular weight excluding hydrogens is 415 g/mol. The average molecular weight is 434 g/mol. The number of nitrogens with zero attached hydrogens (tertiary/aromatic N) is 3. The minimum Gasteiger partial charge on any atom is -0.411 e. The van der Waals surface area contributed by atoms with Crippen molar-refractivity contribution in [1.82, 2.24) is 20.5 Å². The maximum absolute atomic E-state index is 13.6. The van der Waals surface area contributed by atoms with Crippen molar-refractivity contribution in [3.05, 3.63) is 95.6 Å². The van der Waals surface area contributed by atoms with Gasteiger partial charge in [0.25, 0.3) is 5.22 Å². The number of rotatable bonds is 8. The van der Waals surface area contributed by atoms with Crippen LogP contribution in [0.25, 0.3) is 11.5 Å². The quantitative estimate of drug-likeness (QED) is 0.414. The van der Waals surface area contributed by atoms with Crippen LogP contribution in [-0.4, -0.2) is 21.1 Å². The molecule has 0 aliphatic carbocycles. The van der Waals surface area contributed by atoms with Crippen molar-refractivity contribution in [2.24, 2.45) is 0 Å². The van der Waals surface area contributed by atoms with Gasteiger partial charge in [-0.05, 0) is 29.3 Å². The Balaban J connectivity index is 1.26. The molecule has 2 heterocycles. The number of hydrogen-bond acceptors (Lipinski definition) is 6. The lowest BCUT2D eigenvalue weighted by Crippen LogP contribution is -2.25. The lowest BCUT2D eigenvalue weighted by atomic mass is 10.1. The van der Waals surface area contributed by atoms with Gasteiger partial charge >= 0.3 is 0 Å². The molecule has 0 bridgehead atoms. The Bertz CT molecular complexity index is 1150. The van der Waals surface area contributed by atoms with Crippen LogP contribution in [0.15, 0.2) is 82.7 Å². The van der Waals surface area contributed by atoms with Crippen LogP contribution in [-0.2, 0) is 23.5 Å². The van der Waals surface area contributed by atoms with E-state index in [1.54, 1.807) is 30.6 Å². The minimum absolute atomic E-state index is 0.153. The van der Waals surface area contributed by atoms with Gasteiger partial charge in [-0.25, -0.2) is 4.39 Å². The van der Waals surface area contributed by atoms with Gasteiger partial charge in [0.1, 0.15) is 5.82 Å². The summed E-state index contributed by atoms with van der Waals surface area (Å²) in [6.45, 7) is 0.173. The molecule has 0 atom stereocenters. The summed E-state index contributed by atoms with van der Waals surface area (Å²) in [4.78, 5) is 16.1. The molecule has 31 heavy (non-hydrogen) atoms. The minimum atomic E-state index is -0.321. The lowest BCUT2D eigenvalue weighted by molar-refractivity contribution is -0.120. The highest BCUT2D eigenvalue weighted by molar-refractivity contribution is 7.98. The molecule has 8 heteroatoms. The van der Waals surface area contributed by atoms with Crippen molar-refractivity contribution in [2.45, 2.75) is 23.9 Å². The molecule has 0 spiro atoms. The lowest BCUT2D eigenvalue weighted by Gasteiger charge is -2.07. The summed E-state index contributed by atoms with van der Waals surface area (Å²) in [6.07, 6.45) is 3.59. The van der Waals surface area contributed by atoms with E-state index in [2.05, 4.69) is 20.5 Å². The Morgan fingerprint density at radius 3 is 2.48 bits per heavy atom. The van der Waals surface area contributed by atoms with E-state index >= 15 is 0 Å². The second-order valence-corrected chi connectivity index (χ2v) is 7.69. The zero-order chi connectivity index (χ0) is 21.5. The zero-order valence-electron chi connectivity index (χ0n) is 16.5. The van der Waals surface area contributed by atoms with Crippen molar-refractivity contribution in [3.8, 4) is 11.5 Å². The molecule has 1 N–H and O–H groups in total. The Hall–Kier alpha value is -3.52. The first kappa shape index (κ1) is 20.7. The Morgan fingerprint density at radius 1 is 0.968 bits per heavy atom. The number of carbonyl (C=O) groups is 1. The summed E-state index contributed by atoms with van der Waals surface area (Å²) in [6, 6.07) is 17.8. The first-order valence-corrected chi connectivity index (χ1v) is 10.6. The van der Waals surface area contributed by atoms with Crippen molar-refractivity contribution in [3.63, 3.8) is 0 Å². The maximum Gasteiger partial charge on any atom is 0.277 e. The molecule has 0 aliphatic heterocycles. The SMILES string of the molecule is O=C(Cc1ccc(CSc2nnc(-c3ccncc3)o2)cc1)NCc1ccccc1F. The van der Waals surface area contributed by atoms with Crippen LogP contribution in [0.3, 0.4) is 0 Å². The van der Waals surface area contributed by atoms with Crippen molar-refractivity contribution in [1.29, 1.82) is 0 Å². The molecule has 4 rings (SSSR count). The van der Waals surface area contributed by atoms with E-state index < -0.39 is 0 Å². The van der Waals surface area contributed by atoms with E-state index in [0.29, 0.717) is 22.4 Å². The van der Waals surface area contributed by atoms with Gasteiger partial charge in [0, 0.05) is 35.8 Å². The van der Waals surface area contributed by atoms with Crippen molar-refractivity contribution < 1.29 is 13.6 Å². The van der Waals surface area contributed by atoms with Crippen LogP contribution in [0, 0.1) is 5.82 Å². The fraction of sp³-hybridized carbons (Fsp3) is 0.130. The van der Waals surface area contributed by atoms with Gasteiger partial charge in [-0.15, -0.1) is 10.2 Å². The summed E-state index contributed by atoms with van der Waals surface area (Å²) in [5.41, 5.74) is 3.25. The van der Waals surface area contributed by atoms with Crippen molar-refractivity contribution >= 4 is 17.7 Å². The number of aromatic nitrogens is 3. The van der Waals surface area contributed by atoms with Gasteiger partial charge < -0.3 is 9.73 Å². The second-order valence-electron chi connectivity index (χ2n) is 6.76. The molecule has 0 saturated carbocycles. The second kappa shape index (κ2) is 9.99. The van der Waals surface area contributed by atoms with E-state index in [9.17, 15) is 9.18 Å². The number of carbonyl (C=O) groups excluding carboxylic acids is 1. The number of pyridine rings is 1. The third kappa shape index (κ3) is 5.76. The topological polar surface area (TPSA) is 80.9 Å². The summed E-state index contributed by atoms with van der Waals surface area (Å²) >= 11 is 1.45. The molecule has 0 unspecified atom stereocenters. The summed E-state index contributed by atoms with van der Waals surface area (Å²) in [5, 5.41) is 11.4. The number of nitrogens with one attached hydrogen (secondary N) is 1. The van der Waals surface area contributed by atoms with Crippen LogP contribution in [0.5, 0.6) is 0 Å². The Morgan fingerprint density at radius 2 is 1.71 bits per heavy atom. The summed E-state index contributed by atoms with van der Waals surface area (Å²) in [5.74, 6) is 0.651. The van der Waals surface area contributed by atoms with Crippen LogP contribution >= 0.6 is 11.8 Å². The van der Waals surface area contributed by atoms with E-state index in [1.807, 2.05) is 36.4 Å². The van der Waals surface area contributed by atoms with E-state index in [-0.39, 0.29) is 24.7 Å². The Kier molecular flexibility index (Phi) is 6.68. The normalized spacial score (nSPS) is 10.7. The van der Waals surface area contributed by atoms with Gasteiger partial charge in [0.15, 0.2) is 0 Å². The van der Waals surface area contributed by atoms with Crippen molar-refractivity contribution in [2.75, 3.05) is 0 Å². The highest BCUT2D eigenvalue weighted by atomic mass is 32.2. The molecule has 0 fully saturated rings. The molecule has 2 aromatic heterocycles. The van der Waals surface area contributed by atoms with Crippen LogP contribution in [0.1, 0.15) is 16.7 Å². The molecular formula is C23H19FN4O2S. The van der Waals surface area contributed by atoms with Gasteiger partial charge in [-0.1, -0.05) is 54.2 Å². The molecule has 0 radical (unpaired) electrons. The smallest absolute Gasteiger partial charge is 0.277 e. The monoisotopic (exact) mass is 434 g/mol. The third-order valence-electron chi connectivity index (χ3n) is 4.52. The summed E-state index contributed by atoms with van der Waals surface area (Å²) in [7, 11) is 0. The molecule has 2 aromatic carbocycles. The average Bonchev–Trinajstić information content (AvgIpc) is 3.28. The third-order valence-corrected chi connectivity index (χ3v) is 5.41. The van der Waals surface area contributed by atoms with Crippen LogP contribution in [0.4, 0.5) is 4.39 Å². The zero-order valence-corrected chi connectivity index (χ0v) is 17.3. The molecule has 1 amide bonds. The van der Waals surface area contributed by atoms with E-state index in [0.717, 1.165) is 16.7 Å². The van der Waals surface area contributed by atoms with Gasteiger partial charge in [-0.2, -0.15) is 0 Å². The number of thioether (sulfide) groups is 1. The van der Waals surface area contributed by atoms with Gasteiger partial charge in [0.2, 0.25) is 11.8 Å². The predicted molar refractivity (Wildman–Crippen MR) is 115 cm³/mol. The number of benzene rings is 2. The van der Waals surface area contributed by atoms with Crippen LogP contribution < -0.4 is 5.32 Å². The fourth-order valence-electron chi connectivity index (χ4n) is 2.86. The fourth-order valence-corrected chi connectivity index (χ4v) is 3.58. The largest absolute Gasteiger partial charge is 0.411 e. The maximum atomic E-state index is 13.6. The predicted octanol–water partition coefficient (Wildman–Crippen LogP) is 4.42. The van der Waals surface area contributed by atoms with E-state index in [4.69, 9.17) is 4.42 Å². The molecule has 0 saturated heterocycles. The van der Waals surface area contributed by atoms with Gasteiger partial charge in [-0.3, -0.25) is 9.78 Å². The number of amides is 1. The standard InChI is InChI=1S/C23H19FN4O2S/c24-20-4-2-1-3-19(20)14-26-21(29)13-16-5-7-17(8-6-16)15-31-23-28-27-22(30-23)18-9-11-25-12-10-18/h1-12H,13-15H2,(H,26,29). The summed E-state index contributed by atoms with van der Waals surface area (Å²) < 4.78 is 19.3. The number of hydrogen-bond donors (Lipinski definition) is 1. The Labute approximate surface area is 182 Å². The molecule has 6 nitrogen and oxygen atoms in total. The van der Waals surface area contributed by atoms with Gasteiger partial charge in [0.05, 0.1) is 6.42 Å². The molecule has 156 valence electrons. The van der Waals surface area contributed by atoms with E-state index in [1.165, 1.54) is 17.8 Å². The van der Waals surface area contributed by atoms with Crippen LogP contribution in [0.2, 0.25) is 0 Å². The highest BCUT2D eigenvalue weighted by Gasteiger charge is 2.10. The molecule has 0 aliphatic rings. The molecule has 4 aromatic rings.